The van der Waals surface area contributed by atoms with Gasteiger partial charge in [-0.05, 0) is 28.9 Å². The molecule has 0 spiro atoms. The number of halogens is 2. The molecule has 1 aromatic carbocycles. The van der Waals surface area contributed by atoms with Crippen LogP contribution in [0.1, 0.15) is 6.92 Å². The third kappa shape index (κ3) is 3.75. The fourth-order valence-corrected chi connectivity index (χ4v) is 2.92. The molecular formula is C13H14BrFN2O3S. The van der Waals surface area contributed by atoms with Crippen LogP contribution in [0.4, 0.5) is 4.39 Å². The van der Waals surface area contributed by atoms with E-state index in [9.17, 15) is 9.18 Å². The highest BCUT2D eigenvalue weighted by molar-refractivity contribution is 9.10. The van der Waals surface area contributed by atoms with E-state index >= 15 is 0 Å². The number of aromatic nitrogens is 2. The van der Waals surface area contributed by atoms with Crippen LogP contribution in [0.2, 0.25) is 0 Å². The predicted molar refractivity (Wildman–Crippen MR) is 82.2 cm³/mol. The van der Waals surface area contributed by atoms with Crippen LogP contribution in [0.15, 0.2) is 21.8 Å². The number of rotatable bonds is 6. The second-order valence-corrected chi connectivity index (χ2v) is 6.29. The summed E-state index contributed by atoms with van der Waals surface area (Å²) in [5.41, 5.74) is 1.23. The zero-order valence-electron chi connectivity index (χ0n) is 11.5. The average Bonchev–Trinajstić information content (AvgIpc) is 2.74. The molecule has 5 nitrogen and oxygen atoms in total. The van der Waals surface area contributed by atoms with E-state index in [4.69, 9.17) is 9.84 Å². The number of aliphatic carboxylic acids is 1. The van der Waals surface area contributed by atoms with Crippen LogP contribution in [0.5, 0.6) is 0 Å². The molecule has 21 heavy (non-hydrogen) atoms. The Bertz CT molecular complexity index is 677. The van der Waals surface area contributed by atoms with Gasteiger partial charge in [0.15, 0.2) is 5.16 Å². The maximum atomic E-state index is 13.6. The van der Waals surface area contributed by atoms with Gasteiger partial charge in [0.2, 0.25) is 0 Å². The molecule has 0 fully saturated rings. The standard InChI is InChI=1S/C13H14BrFN2O3S/c1-7(20-2)5-17-11-3-8(14)9(15)4-10(11)16-13(17)21-6-12(18)19/h3-4,7H,5-6H2,1-2H3,(H,18,19). The number of imidazole rings is 1. The molecule has 0 amide bonds. The van der Waals surface area contributed by atoms with Gasteiger partial charge in [-0.2, -0.15) is 0 Å². The fraction of sp³-hybridized carbons (Fsp3) is 0.385. The molecule has 2 aromatic rings. The summed E-state index contributed by atoms with van der Waals surface area (Å²) in [6.45, 7) is 2.41. The van der Waals surface area contributed by atoms with E-state index in [-0.39, 0.29) is 11.9 Å². The monoisotopic (exact) mass is 376 g/mol. The maximum Gasteiger partial charge on any atom is 0.313 e. The minimum absolute atomic E-state index is 0.0737. The van der Waals surface area contributed by atoms with Crippen molar-refractivity contribution in [3.8, 4) is 0 Å². The van der Waals surface area contributed by atoms with E-state index in [1.54, 1.807) is 13.2 Å². The number of benzene rings is 1. The molecule has 0 saturated heterocycles. The highest BCUT2D eigenvalue weighted by Crippen LogP contribution is 2.28. The lowest BCUT2D eigenvalue weighted by atomic mass is 10.3. The number of fused-ring (bicyclic) bond motifs is 1. The lowest BCUT2D eigenvalue weighted by Gasteiger charge is -2.13. The van der Waals surface area contributed by atoms with Crippen molar-refractivity contribution in [1.82, 2.24) is 9.55 Å². The summed E-state index contributed by atoms with van der Waals surface area (Å²) in [7, 11) is 1.60. The van der Waals surface area contributed by atoms with Crippen molar-refractivity contribution in [3.05, 3.63) is 22.4 Å². The van der Waals surface area contributed by atoms with Gasteiger partial charge in [0.05, 0.1) is 33.9 Å². The normalized spacial score (nSPS) is 12.8. The van der Waals surface area contributed by atoms with Crippen LogP contribution in [-0.2, 0) is 16.1 Å². The van der Waals surface area contributed by atoms with Crippen molar-refractivity contribution in [2.24, 2.45) is 0 Å². The summed E-state index contributed by atoms with van der Waals surface area (Å²) in [6.07, 6.45) is -0.0737. The average molecular weight is 377 g/mol. The first-order chi connectivity index (χ1) is 9.92. The molecule has 1 N–H and O–H groups in total. The van der Waals surface area contributed by atoms with Crippen molar-refractivity contribution in [2.75, 3.05) is 12.9 Å². The number of ether oxygens (including phenoxy) is 1. The summed E-state index contributed by atoms with van der Waals surface area (Å²) in [4.78, 5) is 15.1. The minimum atomic E-state index is -0.925. The molecule has 0 saturated carbocycles. The molecule has 2 rings (SSSR count). The van der Waals surface area contributed by atoms with Gasteiger partial charge in [-0.3, -0.25) is 4.79 Å². The van der Waals surface area contributed by atoms with E-state index in [2.05, 4.69) is 20.9 Å². The predicted octanol–water partition coefficient (Wildman–Crippen LogP) is 3.15. The Balaban J connectivity index is 2.48. The highest BCUT2D eigenvalue weighted by Gasteiger charge is 2.16. The van der Waals surface area contributed by atoms with Crippen molar-refractivity contribution >= 4 is 44.7 Å². The maximum absolute atomic E-state index is 13.6. The molecule has 1 atom stereocenters. The molecule has 8 heteroatoms. The third-order valence-electron chi connectivity index (χ3n) is 2.92. The van der Waals surface area contributed by atoms with Crippen molar-refractivity contribution in [3.63, 3.8) is 0 Å². The summed E-state index contributed by atoms with van der Waals surface area (Å²) in [5, 5.41) is 9.34. The van der Waals surface area contributed by atoms with E-state index in [0.29, 0.717) is 21.7 Å². The molecular weight excluding hydrogens is 363 g/mol. The van der Waals surface area contributed by atoms with Crippen LogP contribution in [0, 0.1) is 5.82 Å². The number of hydrogen-bond donors (Lipinski definition) is 1. The number of hydrogen-bond acceptors (Lipinski definition) is 4. The summed E-state index contributed by atoms with van der Waals surface area (Å²) in [5.74, 6) is -1.43. The Morgan fingerprint density at radius 1 is 1.62 bits per heavy atom. The van der Waals surface area contributed by atoms with Gasteiger partial charge in [0, 0.05) is 13.2 Å². The van der Waals surface area contributed by atoms with Gasteiger partial charge in [-0.15, -0.1) is 0 Å². The van der Waals surface area contributed by atoms with E-state index < -0.39 is 11.8 Å². The van der Waals surface area contributed by atoms with Crippen molar-refractivity contribution in [1.29, 1.82) is 0 Å². The molecule has 0 bridgehead atoms. The van der Waals surface area contributed by atoms with Crippen LogP contribution in [0.25, 0.3) is 11.0 Å². The largest absolute Gasteiger partial charge is 0.481 e. The minimum Gasteiger partial charge on any atom is -0.481 e. The number of carbonyl (C=O) groups is 1. The first-order valence-electron chi connectivity index (χ1n) is 6.15. The summed E-state index contributed by atoms with van der Waals surface area (Å²) >= 11 is 4.26. The van der Waals surface area contributed by atoms with Gasteiger partial charge in [-0.1, -0.05) is 11.8 Å². The molecule has 114 valence electrons. The number of nitrogens with zero attached hydrogens (tertiary/aromatic N) is 2. The van der Waals surface area contributed by atoms with E-state index in [1.165, 1.54) is 6.07 Å². The molecule has 1 aromatic heterocycles. The number of methoxy groups -OCH3 is 1. The highest BCUT2D eigenvalue weighted by atomic mass is 79.9. The zero-order chi connectivity index (χ0) is 15.6. The molecule has 0 aliphatic rings. The van der Waals surface area contributed by atoms with Gasteiger partial charge < -0.3 is 14.4 Å². The van der Waals surface area contributed by atoms with Crippen molar-refractivity contribution < 1.29 is 19.0 Å². The molecule has 0 aliphatic carbocycles. The lowest BCUT2D eigenvalue weighted by Crippen LogP contribution is -2.15. The fourth-order valence-electron chi connectivity index (χ4n) is 1.84. The smallest absolute Gasteiger partial charge is 0.313 e. The molecule has 0 aliphatic heterocycles. The van der Waals surface area contributed by atoms with Gasteiger partial charge in [0.1, 0.15) is 5.82 Å². The summed E-state index contributed by atoms with van der Waals surface area (Å²) < 4.78 is 21.0. The Morgan fingerprint density at radius 3 is 2.95 bits per heavy atom. The van der Waals surface area contributed by atoms with Gasteiger partial charge in [0.25, 0.3) is 0 Å². The van der Waals surface area contributed by atoms with Crippen LogP contribution >= 0.6 is 27.7 Å². The van der Waals surface area contributed by atoms with Crippen LogP contribution in [0.3, 0.4) is 0 Å². The lowest BCUT2D eigenvalue weighted by molar-refractivity contribution is -0.133. The number of carboxylic acid groups (broad SMARTS) is 1. The quantitative estimate of drug-likeness (QED) is 0.784. The number of carboxylic acids is 1. The molecule has 1 unspecified atom stereocenters. The molecule has 0 radical (unpaired) electrons. The first kappa shape index (κ1) is 16.3. The zero-order valence-corrected chi connectivity index (χ0v) is 13.9. The Morgan fingerprint density at radius 2 is 2.33 bits per heavy atom. The van der Waals surface area contributed by atoms with Gasteiger partial charge in [-0.25, -0.2) is 9.37 Å². The number of thioether (sulfide) groups is 1. The second kappa shape index (κ2) is 6.76. The van der Waals surface area contributed by atoms with E-state index in [1.807, 2.05) is 11.5 Å². The van der Waals surface area contributed by atoms with Crippen LogP contribution in [-0.4, -0.2) is 39.6 Å². The topological polar surface area (TPSA) is 64.3 Å². The first-order valence-corrected chi connectivity index (χ1v) is 7.93. The van der Waals surface area contributed by atoms with E-state index in [0.717, 1.165) is 17.3 Å². The van der Waals surface area contributed by atoms with Gasteiger partial charge >= 0.3 is 5.97 Å². The van der Waals surface area contributed by atoms with Crippen LogP contribution < -0.4 is 0 Å². The molecule has 1 heterocycles. The van der Waals surface area contributed by atoms with Crippen molar-refractivity contribution in [2.45, 2.75) is 24.7 Å². The Hall–Kier alpha value is -1.12. The Labute approximate surface area is 133 Å². The SMILES string of the molecule is COC(C)Cn1c(SCC(=O)O)nc2cc(F)c(Br)cc21. The second-order valence-electron chi connectivity index (χ2n) is 4.49. The Kier molecular flexibility index (Phi) is 5.23. The summed E-state index contributed by atoms with van der Waals surface area (Å²) in [6, 6.07) is 2.98. The third-order valence-corrected chi connectivity index (χ3v) is 4.49.